The van der Waals surface area contributed by atoms with Crippen LogP contribution in [-0.4, -0.2) is 15.9 Å². The summed E-state index contributed by atoms with van der Waals surface area (Å²) in [5.41, 5.74) is 2.05. The highest BCUT2D eigenvalue weighted by Gasteiger charge is 2.17. The highest BCUT2D eigenvalue weighted by molar-refractivity contribution is 14.1. The molecule has 0 bridgehead atoms. The van der Waals surface area contributed by atoms with Crippen molar-refractivity contribution in [2.24, 2.45) is 0 Å². The molecule has 2 aromatic rings. The average molecular weight is 368 g/mol. The topological polar surface area (TPSA) is 52.1 Å². The van der Waals surface area contributed by atoms with Gasteiger partial charge < -0.3 is 4.74 Å². The molecule has 0 amide bonds. The van der Waals surface area contributed by atoms with Crippen LogP contribution in [0.1, 0.15) is 27.4 Å². The maximum Gasteiger partial charge on any atom is 0.343 e. The quantitative estimate of drug-likeness (QED) is 0.475. The number of hydrogen-bond acceptors (Lipinski definition) is 4. The Morgan fingerprint density at radius 2 is 1.89 bits per heavy atom. The first-order valence-electron chi connectivity index (χ1n) is 5.79. The standard InChI is InChI=1S/C14H13IN2O2/c1-9-12(13(15)17-10(2)16-9)14(18)19-8-11-6-4-3-5-7-11/h3-7H,8H2,1-2H3. The summed E-state index contributed by atoms with van der Waals surface area (Å²) < 4.78 is 5.92. The lowest BCUT2D eigenvalue weighted by molar-refractivity contribution is 0.0469. The Bertz CT molecular complexity index is 577. The lowest BCUT2D eigenvalue weighted by Gasteiger charge is -2.08. The number of aromatic nitrogens is 2. The molecule has 0 aliphatic rings. The molecule has 19 heavy (non-hydrogen) atoms. The fourth-order valence-corrected chi connectivity index (χ4v) is 2.66. The number of nitrogens with zero attached hydrogens (tertiary/aromatic N) is 2. The number of ether oxygens (including phenoxy) is 1. The van der Waals surface area contributed by atoms with E-state index in [1.807, 2.05) is 52.9 Å². The van der Waals surface area contributed by atoms with Gasteiger partial charge in [-0.3, -0.25) is 0 Å². The molecule has 1 aromatic carbocycles. The average Bonchev–Trinajstić information content (AvgIpc) is 2.36. The Morgan fingerprint density at radius 3 is 2.53 bits per heavy atom. The van der Waals surface area contributed by atoms with Gasteiger partial charge in [0.15, 0.2) is 0 Å². The van der Waals surface area contributed by atoms with Crippen molar-refractivity contribution in [1.29, 1.82) is 0 Å². The van der Waals surface area contributed by atoms with Gasteiger partial charge in [-0.15, -0.1) is 0 Å². The van der Waals surface area contributed by atoms with Crippen molar-refractivity contribution < 1.29 is 9.53 Å². The molecule has 1 aromatic heterocycles. The fraction of sp³-hybridized carbons (Fsp3) is 0.214. The zero-order valence-corrected chi connectivity index (χ0v) is 12.8. The smallest absolute Gasteiger partial charge is 0.343 e. The molecule has 1 heterocycles. The highest BCUT2D eigenvalue weighted by atomic mass is 127. The van der Waals surface area contributed by atoms with Crippen molar-refractivity contribution in [2.45, 2.75) is 20.5 Å². The first kappa shape index (κ1) is 13.9. The summed E-state index contributed by atoms with van der Waals surface area (Å²) in [6.45, 7) is 3.84. The second kappa shape index (κ2) is 6.10. The third-order valence-electron chi connectivity index (χ3n) is 2.57. The van der Waals surface area contributed by atoms with E-state index in [0.717, 1.165) is 5.56 Å². The molecule has 0 saturated carbocycles. The summed E-state index contributed by atoms with van der Waals surface area (Å²) in [6.07, 6.45) is 0. The first-order chi connectivity index (χ1) is 9.08. The number of halogens is 1. The molecule has 0 radical (unpaired) electrons. The van der Waals surface area contributed by atoms with Crippen LogP contribution < -0.4 is 0 Å². The minimum atomic E-state index is -0.384. The van der Waals surface area contributed by atoms with Crippen molar-refractivity contribution >= 4 is 28.6 Å². The van der Waals surface area contributed by atoms with E-state index in [4.69, 9.17) is 4.74 Å². The van der Waals surface area contributed by atoms with Gasteiger partial charge in [0.05, 0.1) is 5.69 Å². The number of benzene rings is 1. The van der Waals surface area contributed by atoms with Crippen molar-refractivity contribution in [3.63, 3.8) is 0 Å². The molecule has 98 valence electrons. The van der Waals surface area contributed by atoms with E-state index in [0.29, 0.717) is 20.8 Å². The summed E-state index contributed by atoms with van der Waals surface area (Å²) in [5, 5.41) is 0. The summed E-state index contributed by atoms with van der Waals surface area (Å²) in [5.74, 6) is 0.271. The van der Waals surface area contributed by atoms with Gasteiger partial charge in [0.25, 0.3) is 0 Å². The van der Waals surface area contributed by atoms with Crippen molar-refractivity contribution in [1.82, 2.24) is 9.97 Å². The van der Waals surface area contributed by atoms with Gasteiger partial charge in [-0.25, -0.2) is 14.8 Å². The third kappa shape index (κ3) is 3.50. The van der Waals surface area contributed by atoms with Gasteiger partial charge in [0.2, 0.25) is 0 Å². The molecule has 0 aliphatic carbocycles. The molecule has 0 unspecified atom stereocenters. The van der Waals surface area contributed by atoms with Crippen molar-refractivity contribution in [3.8, 4) is 0 Å². The van der Waals surface area contributed by atoms with E-state index < -0.39 is 0 Å². The van der Waals surface area contributed by atoms with E-state index >= 15 is 0 Å². The second-order valence-corrected chi connectivity index (χ2v) is 5.11. The van der Waals surface area contributed by atoms with Crippen LogP contribution >= 0.6 is 22.6 Å². The van der Waals surface area contributed by atoms with E-state index in [-0.39, 0.29) is 12.6 Å². The summed E-state index contributed by atoms with van der Waals surface area (Å²) in [4.78, 5) is 20.4. The van der Waals surface area contributed by atoms with Crippen LogP contribution in [0.25, 0.3) is 0 Å². The number of carbonyl (C=O) groups excluding carboxylic acids is 1. The van der Waals surface area contributed by atoms with Gasteiger partial charge in [-0.1, -0.05) is 30.3 Å². The number of aryl methyl sites for hydroxylation is 2. The molecule has 2 rings (SSSR count). The van der Waals surface area contributed by atoms with Gasteiger partial charge in [0, 0.05) is 0 Å². The van der Waals surface area contributed by atoms with Crippen LogP contribution in [-0.2, 0) is 11.3 Å². The predicted molar refractivity (Wildman–Crippen MR) is 79.8 cm³/mol. The Hall–Kier alpha value is -1.50. The van der Waals surface area contributed by atoms with Gasteiger partial charge in [0.1, 0.15) is 21.7 Å². The summed E-state index contributed by atoms with van der Waals surface area (Å²) in [6, 6.07) is 9.57. The molecule has 0 N–H and O–H groups in total. The number of esters is 1. The fourth-order valence-electron chi connectivity index (χ4n) is 1.70. The molecular weight excluding hydrogens is 355 g/mol. The maximum atomic E-state index is 12.1. The molecule has 0 aliphatic heterocycles. The molecule has 4 nitrogen and oxygen atoms in total. The number of carbonyl (C=O) groups is 1. The summed E-state index contributed by atoms with van der Waals surface area (Å²) in [7, 11) is 0. The van der Waals surface area contributed by atoms with Gasteiger partial charge in [-0.2, -0.15) is 0 Å². The van der Waals surface area contributed by atoms with E-state index in [1.54, 1.807) is 13.8 Å². The van der Waals surface area contributed by atoms with Gasteiger partial charge in [-0.05, 0) is 42.0 Å². The van der Waals surface area contributed by atoms with E-state index in [1.165, 1.54) is 0 Å². The SMILES string of the molecule is Cc1nc(C)c(C(=O)OCc2ccccc2)c(I)n1. The first-order valence-corrected chi connectivity index (χ1v) is 6.87. The lowest BCUT2D eigenvalue weighted by atomic mass is 10.2. The highest BCUT2D eigenvalue weighted by Crippen LogP contribution is 2.15. The zero-order chi connectivity index (χ0) is 13.8. The summed E-state index contributed by atoms with van der Waals surface area (Å²) >= 11 is 2.03. The maximum absolute atomic E-state index is 12.1. The third-order valence-corrected chi connectivity index (χ3v) is 3.36. The Labute approximate surface area is 125 Å². The van der Waals surface area contributed by atoms with Crippen LogP contribution in [0.4, 0.5) is 0 Å². The van der Waals surface area contributed by atoms with Crippen molar-refractivity contribution in [3.05, 3.63) is 56.7 Å². The van der Waals surface area contributed by atoms with Crippen LogP contribution in [0, 0.1) is 17.5 Å². The zero-order valence-electron chi connectivity index (χ0n) is 10.7. The Kier molecular flexibility index (Phi) is 4.47. The predicted octanol–water partition coefficient (Wildman–Crippen LogP) is 3.06. The Morgan fingerprint density at radius 1 is 1.21 bits per heavy atom. The lowest BCUT2D eigenvalue weighted by Crippen LogP contribution is -2.12. The normalized spacial score (nSPS) is 10.3. The van der Waals surface area contributed by atoms with Crippen LogP contribution in [0.15, 0.2) is 30.3 Å². The van der Waals surface area contributed by atoms with E-state index in [2.05, 4.69) is 9.97 Å². The van der Waals surface area contributed by atoms with Crippen LogP contribution in [0.5, 0.6) is 0 Å². The molecular formula is C14H13IN2O2. The number of hydrogen-bond donors (Lipinski definition) is 0. The second-order valence-electron chi connectivity index (χ2n) is 4.08. The minimum absolute atomic E-state index is 0.253. The Balaban J connectivity index is 2.13. The molecule has 0 fully saturated rings. The molecule has 0 spiro atoms. The van der Waals surface area contributed by atoms with Gasteiger partial charge >= 0.3 is 5.97 Å². The largest absolute Gasteiger partial charge is 0.457 e. The van der Waals surface area contributed by atoms with Crippen molar-refractivity contribution in [2.75, 3.05) is 0 Å². The van der Waals surface area contributed by atoms with E-state index in [9.17, 15) is 4.79 Å². The minimum Gasteiger partial charge on any atom is -0.457 e. The van der Waals surface area contributed by atoms with Crippen LogP contribution in [0.2, 0.25) is 0 Å². The number of rotatable bonds is 3. The molecule has 0 atom stereocenters. The van der Waals surface area contributed by atoms with Crippen LogP contribution in [0.3, 0.4) is 0 Å². The molecule has 5 heteroatoms. The monoisotopic (exact) mass is 368 g/mol. The molecule has 0 saturated heterocycles.